The van der Waals surface area contributed by atoms with Crippen LogP contribution in [0.25, 0.3) is 0 Å². The van der Waals surface area contributed by atoms with E-state index in [9.17, 15) is 9.59 Å². The third-order valence-electron chi connectivity index (χ3n) is 4.92. The first-order chi connectivity index (χ1) is 11.1. The molecule has 0 aromatic heterocycles. The zero-order chi connectivity index (χ0) is 16.2. The Morgan fingerprint density at radius 2 is 2.00 bits per heavy atom. The van der Waals surface area contributed by atoms with Gasteiger partial charge in [0.2, 0.25) is 11.8 Å². The van der Waals surface area contributed by atoms with E-state index in [1.807, 2.05) is 11.9 Å². The van der Waals surface area contributed by atoms with E-state index in [0.29, 0.717) is 12.6 Å². The summed E-state index contributed by atoms with van der Waals surface area (Å²) in [6.45, 7) is 2.10. The molecular weight excluding hydrogens is 290 g/mol. The topological polar surface area (TPSA) is 52.7 Å². The predicted octanol–water partition coefficient (Wildman–Crippen LogP) is 1.34. The van der Waals surface area contributed by atoms with Crippen LogP contribution in [0.15, 0.2) is 24.3 Å². The minimum absolute atomic E-state index is 0.0321. The Morgan fingerprint density at radius 1 is 1.26 bits per heavy atom. The summed E-state index contributed by atoms with van der Waals surface area (Å²) in [6, 6.07) is 8.74. The molecule has 1 aromatic carbocycles. The molecule has 124 valence electrons. The largest absolute Gasteiger partial charge is 0.346 e. The fourth-order valence-corrected chi connectivity index (χ4v) is 3.64. The van der Waals surface area contributed by atoms with Crippen molar-refractivity contribution in [2.45, 2.75) is 31.7 Å². The lowest BCUT2D eigenvalue weighted by Crippen LogP contribution is -2.42. The van der Waals surface area contributed by atoms with E-state index in [1.54, 1.807) is 0 Å². The molecule has 23 heavy (non-hydrogen) atoms. The molecule has 1 aromatic rings. The van der Waals surface area contributed by atoms with E-state index in [-0.39, 0.29) is 18.4 Å². The quantitative estimate of drug-likeness (QED) is 0.892. The van der Waals surface area contributed by atoms with Gasteiger partial charge in [0.1, 0.15) is 0 Å². The second-order valence-electron chi connectivity index (χ2n) is 6.53. The summed E-state index contributed by atoms with van der Waals surface area (Å²) in [4.78, 5) is 28.0. The molecule has 2 aliphatic rings. The SMILES string of the molecule is CN(CC(=O)NCC(=O)N1CCCC1)C1CCc2ccccc21. The van der Waals surface area contributed by atoms with Gasteiger partial charge in [0.15, 0.2) is 0 Å². The van der Waals surface area contributed by atoms with Crippen molar-refractivity contribution >= 4 is 11.8 Å². The summed E-state index contributed by atoms with van der Waals surface area (Å²) in [5.41, 5.74) is 2.71. The summed E-state index contributed by atoms with van der Waals surface area (Å²) in [5.74, 6) is -0.0471. The van der Waals surface area contributed by atoms with Gasteiger partial charge in [-0.2, -0.15) is 0 Å². The smallest absolute Gasteiger partial charge is 0.241 e. The highest BCUT2D eigenvalue weighted by Gasteiger charge is 2.26. The number of hydrogen-bond donors (Lipinski definition) is 1. The second kappa shape index (κ2) is 7.13. The number of fused-ring (bicyclic) bond motifs is 1. The molecule has 0 saturated carbocycles. The summed E-state index contributed by atoms with van der Waals surface area (Å²) in [6.07, 6.45) is 4.27. The average molecular weight is 315 g/mol. The van der Waals surface area contributed by atoms with E-state index in [2.05, 4.69) is 34.5 Å². The number of rotatable bonds is 5. The molecule has 2 amide bonds. The molecule has 5 heteroatoms. The molecule has 0 bridgehead atoms. The van der Waals surface area contributed by atoms with Crippen molar-refractivity contribution in [2.75, 3.05) is 33.2 Å². The van der Waals surface area contributed by atoms with Crippen molar-refractivity contribution in [3.05, 3.63) is 35.4 Å². The van der Waals surface area contributed by atoms with Gasteiger partial charge < -0.3 is 10.2 Å². The van der Waals surface area contributed by atoms with Gasteiger partial charge in [-0.25, -0.2) is 0 Å². The maximum absolute atomic E-state index is 12.1. The van der Waals surface area contributed by atoms with Crippen LogP contribution in [0.5, 0.6) is 0 Å². The van der Waals surface area contributed by atoms with Gasteiger partial charge >= 0.3 is 0 Å². The molecule has 0 spiro atoms. The third kappa shape index (κ3) is 3.72. The van der Waals surface area contributed by atoms with Crippen molar-refractivity contribution in [1.82, 2.24) is 15.1 Å². The normalized spacial score (nSPS) is 19.9. The van der Waals surface area contributed by atoms with E-state index in [1.165, 1.54) is 11.1 Å². The second-order valence-corrected chi connectivity index (χ2v) is 6.53. The van der Waals surface area contributed by atoms with Crippen LogP contribution in [-0.2, 0) is 16.0 Å². The molecule has 5 nitrogen and oxygen atoms in total. The van der Waals surface area contributed by atoms with Crippen LogP contribution in [0.4, 0.5) is 0 Å². The Kier molecular flexibility index (Phi) is 4.96. The molecule has 3 rings (SSSR count). The average Bonchev–Trinajstić information content (AvgIpc) is 3.21. The first-order valence-corrected chi connectivity index (χ1v) is 8.47. The number of nitrogens with one attached hydrogen (secondary N) is 1. The number of hydrogen-bond acceptors (Lipinski definition) is 3. The highest BCUT2D eigenvalue weighted by Crippen LogP contribution is 2.34. The van der Waals surface area contributed by atoms with E-state index in [4.69, 9.17) is 0 Å². The van der Waals surface area contributed by atoms with E-state index < -0.39 is 0 Å². The molecule has 0 radical (unpaired) electrons. The van der Waals surface area contributed by atoms with Crippen molar-refractivity contribution in [3.8, 4) is 0 Å². The summed E-state index contributed by atoms with van der Waals surface area (Å²) in [5, 5.41) is 2.77. The maximum Gasteiger partial charge on any atom is 0.241 e. The first kappa shape index (κ1) is 16.0. The molecule has 1 atom stereocenters. The monoisotopic (exact) mass is 315 g/mol. The lowest BCUT2D eigenvalue weighted by Gasteiger charge is -2.24. The Bertz CT molecular complexity index is 581. The molecule has 1 unspecified atom stereocenters. The summed E-state index contributed by atoms with van der Waals surface area (Å²) in [7, 11) is 1.98. The zero-order valence-electron chi connectivity index (χ0n) is 13.8. The predicted molar refractivity (Wildman–Crippen MR) is 89.0 cm³/mol. The van der Waals surface area contributed by atoms with Crippen molar-refractivity contribution in [2.24, 2.45) is 0 Å². The van der Waals surface area contributed by atoms with Crippen molar-refractivity contribution in [3.63, 3.8) is 0 Å². The number of carbonyl (C=O) groups excluding carboxylic acids is 2. The van der Waals surface area contributed by atoms with E-state index in [0.717, 1.165) is 38.8 Å². The molecular formula is C18H25N3O2. The van der Waals surface area contributed by atoms with Gasteiger partial charge in [-0.3, -0.25) is 14.5 Å². The van der Waals surface area contributed by atoms with Gasteiger partial charge in [-0.05, 0) is 43.9 Å². The molecule has 1 N–H and O–H groups in total. The Labute approximate surface area is 137 Å². The molecule has 1 saturated heterocycles. The Balaban J connectivity index is 1.47. The van der Waals surface area contributed by atoms with E-state index >= 15 is 0 Å². The van der Waals surface area contributed by atoms with Gasteiger partial charge in [-0.1, -0.05) is 24.3 Å². The fourth-order valence-electron chi connectivity index (χ4n) is 3.64. The molecule has 1 fully saturated rings. The fraction of sp³-hybridized carbons (Fsp3) is 0.556. The maximum atomic E-state index is 12.1. The molecule has 1 aliphatic carbocycles. The standard InChI is InChI=1S/C18H25N3O2/c1-20(16-9-8-14-6-2-3-7-15(14)16)13-17(22)19-12-18(23)21-10-4-5-11-21/h2-3,6-7,16H,4-5,8-13H2,1H3,(H,19,22). The van der Waals surface area contributed by atoms with Crippen LogP contribution in [-0.4, -0.2) is 54.8 Å². The number of amides is 2. The summed E-state index contributed by atoms with van der Waals surface area (Å²) < 4.78 is 0. The third-order valence-corrected chi connectivity index (χ3v) is 4.92. The van der Waals surface area contributed by atoms with Crippen LogP contribution >= 0.6 is 0 Å². The molecule has 1 aliphatic heterocycles. The highest BCUT2D eigenvalue weighted by molar-refractivity contribution is 5.85. The van der Waals surface area contributed by atoms with Crippen LogP contribution in [0.2, 0.25) is 0 Å². The minimum Gasteiger partial charge on any atom is -0.346 e. The van der Waals surface area contributed by atoms with Crippen LogP contribution in [0, 0.1) is 0 Å². The number of nitrogens with zero attached hydrogens (tertiary/aromatic N) is 2. The highest BCUT2D eigenvalue weighted by atomic mass is 16.2. The lowest BCUT2D eigenvalue weighted by molar-refractivity contribution is -0.132. The molecule has 1 heterocycles. The van der Waals surface area contributed by atoms with Gasteiger partial charge in [0.25, 0.3) is 0 Å². The zero-order valence-corrected chi connectivity index (χ0v) is 13.8. The van der Waals surface area contributed by atoms with Crippen molar-refractivity contribution in [1.29, 1.82) is 0 Å². The minimum atomic E-state index is -0.0792. The van der Waals surface area contributed by atoms with Gasteiger partial charge in [0.05, 0.1) is 13.1 Å². The number of likely N-dealkylation sites (tertiary alicyclic amines) is 1. The van der Waals surface area contributed by atoms with Gasteiger partial charge in [-0.15, -0.1) is 0 Å². The number of aryl methyl sites for hydroxylation is 1. The Morgan fingerprint density at radius 3 is 2.78 bits per heavy atom. The van der Waals surface area contributed by atoms with Crippen molar-refractivity contribution < 1.29 is 9.59 Å². The van der Waals surface area contributed by atoms with Crippen LogP contribution in [0.1, 0.15) is 36.4 Å². The number of benzene rings is 1. The van der Waals surface area contributed by atoms with Gasteiger partial charge in [0, 0.05) is 19.1 Å². The number of likely N-dealkylation sites (N-methyl/N-ethyl adjacent to an activating group) is 1. The first-order valence-electron chi connectivity index (χ1n) is 8.47. The number of carbonyl (C=O) groups is 2. The Hall–Kier alpha value is -1.88. The lowest BCUT2D eigenvalue weighted by atomic mass is 10.1. The van der Waals surface area contributed by atoms with Crippen LogP contribution in [0.3, 0.4) is 0 Å². The van der Waals surface area contributed by atoms with Crippen LogP contribution < -0.4 is 5.32 Å². The summed E-state index contributed by atoms with van der Waals surface area (Å²) >= 11 is 0.